The summed E-state index contributed by atoms with van der Waals surface area (Å²) in [6.45, 7) is 6.45. The number of benzene rings is 1. The molecule has 30 heavy (non-hydrogen) atoms. The Morgan fingerprint density at radius 1 is 1.13 bits per heavy atom. The number of hydrogen-bond donors (Lipinski definition) is 3. The number of hydrogen-bond acceptors (Lipinski definition) is 6. The summed E-state index contributed by atoms with van der Waals surface area (Å²) in [6.07, 6.45) is 6.41. The summed E-state index contributed by atoms with van der Waals surface area (Å²) in [7, 11) is 0. The largest absolute Gasteiger partial charge is 0.370 e. The Hall–Kier alpha value is -2.61. The van der Waals surface area contributed by atoms with Crippen LogP contribution in [0.4, 0.5) is 29.0 Å². The van der Waals surface area contributed by atoms with Crippen LogP contribution in [-0.2, 0) is 0 Å². The highest BCUT2D eigenvalue weighted by Gasteiger charge is 2.26. The van der Waals surface area contributed by atoms with Gasteiger partial charge < -0.3 is 15.5 Å². The molecular formula is C22H28BrN7. The average molecular weight is 470 g/mol. The van der Waals surface area contributed by atoms with Gasteiger partial charge in [0.1, 0.15) is 5.82 Å². The lowest BCUT2D eigenvalue weighted by atomic mass is 10.2. The van der Waals surface area contributed by atoms with Crippen molar-refractivity contribution in [1.29, 1.82) is 0 Å². The van der Waals surface area contributed by atoms with E-state index in [9.17, 15) is 0 Å². The van der Waals surface area contributed by atoms with Gasteiger partial charge in [-0.15, -0.1) is 0 Å². The van der Waals surface area contributed by atoms with Crippen molar-refractivity contribution in [2.24, 2.45) is 0 Å². The van der Waals surface area contributed by atoms with Crippen molar-refractivity contribution in [2.75, 3.05) is 28.6 Å². The second kappa shape index (κ2) is 9.47. The fourth-order valence-electron chi connectivity index (χ4n) is 3.50. The number of nitrogens with one attached hydrogen (secondary N) is 3. The minimum Gasteiger partial charge on any atom is -0.370 e. The maximum absolute atomic E-state index is 4.68. The van der Waals surface area contributed by atoms with Gasteiger partial charge in [-0.25, -0.2) is 4.98 Å². The number of rotatable bonds is 10. The van der Waals surface area contributed by atoms with E-state index in [1.807, 2.05) is 6.07 Å². The second-order valence-electron chi connectivity index (χ2n) is 7.63. The van der Waals surface area contributed by atoms with Crippen molar-refractivity contribution in [3.8, 4) is 0 Å². The lowest BCUT2D eigenvalue weighted by molar-refractivity contribution is 0.745. The van der Waals surface area contributed by atoms with Crippen molar-refractivity contribution in [3.63, 3.8) is 0 Å². The van der Waals surface area contributed by atoms with E-state index >= 15 is 0 Å². The van der Waals surface area contributed by atoms with Gasteiger partial charge in [-0.05, 0) is 53.7 Å². The Balaban J connectivity index is 1.54. The van der Waals surface area contributed by atoms with Crippen LogP contribution in [0.2, 0.25) is 0 Å². The van der Waals surface area contributed by atoms with Crippen molar-refractivity contribution >= 4 is 44.9 Å². The van der Waals surface area contributed by atoms with Crippen molar-refractivity contribution < 1.29 is 0 Å². The molecule has 1 aliphatic carbocycles. The van der Waals surface area contributed by atoms with Gasteiger partial charge >= 0.3 is 0 Å². The second-order valence-corrected chi connectivity index (χ2v) is 8.48. The molecule has 0 spiro atoms. The first-order valence-electron chi connectivity index (χ1n) is 10.6. The molecule has 2 aromatic heterocycles. The molecule has 4 rings (SSSR count). The Morgan fingerprint density at radius 2 is 1.90 bits per heavy atom. The number of aromatic nitrogens is 4. The van der Waals surface area contributed by atoms with Crippen LogP contribution in [-0.4, -0.2) is 33.3 Å². The van der Waals surface area contributed by atoms with Gasteiger partial charge in [0, 0.05) is 31.3 Å². The molecule has 158 valence electrons. The molecule has 0 unspecified atom stereocenters. The zero-order valence-electron chi connectivity index (χ0n) is 17.5. The van der Waals surface area contributed by atoms with Gasteiger partial charge in [-0.1, -0.05) is 26.0 Å². The van der Waals surface area contributed by atoms with E-state index in [-0.39, 0.29) is 0 Å². The third-order valence-electron chi connectivity index (χ3n) is 5.07. The molecule has 3 aromatic rings. The molecule has 0 amide bonds. The van der Waals surface area contributed by atoms with Crippen LogP contribution in [0.1, 0.15) is 51.1 Å². The van der Waals surface area contributed by atoms with E-state index < -0.39 is 0 Å². The monoisotopic (exact) mass is 469 g/mol. The molecule has 0 atom stereocenters. The van der Waals surface area contributed by atoms with Crippen molar-refractivity contribution in [2.45, 2.75) is 45.4 Å². The SMILES string of the molecule is CCCN(CCC)c1ccccc1Nc1ncc(Br)c(Nc2cc(C3CC3)n[nH]2)n1. The summed E-state index contributed by atoms with van der Waals surface area (Å²) in [6, 6.07) is 10.4. The standard InChI is InChI=1S/C22H28BrN7/c1-3-11-30(12-4-2)19-8-6-5-7-17(19)25-22-24-14-16(23)21(27-22)26-20-13-18(28-29-20)15-9-10-15/h5-8,13-15H,3-4,9-12H2,1-2H3,(H3,24,25,26,27,28,29). The van der Waals surface area contributed by atoms with Crippen LogP contribution < -0.4 is 15.5 Å². The summed E-state index contributed by atoms with van der Waals surface area (Å²) < 4.78 is 0.794. The summed E-state index contributed by atoms with van der Waals surface area (Å²) in [4.78, 5) is 11.5. The zero-order chi connectivity index (χ0) is 20.9. The molecule has 7 nitrogen and oxygen atoms in total. The smallest absolute Gasteiger partial charge is 0.229 e. The zero-order valence-corrected chi connectivity index (χ0v) is 19.0. The fraction of sp³-hybridized carbons (Fsp3) is 0.409. The summed E-state index contributed by atoms with van der Waals surface area (Å²) in [5.74, 6) is 2.67. The lowest BCUT2D eigenvalue weighted by Crippen LogP contribution is -2.25. The highest BCUT2D eigenvalue weighted by atomic mass is 79.9. The minimum absolute atomic E-state index is 0.544. The van der Waals surface area contributed by atoms with E-state index in [2.05, 4.69) is 89.7 Å². The van der Waals surface area contributed by atoms with Gasteiger partial charge in [-0.3, -0.25) is 5.10 Å². The van der Waals surface area contributed by atoms with Gasteiger partial charge in [-0.2, -0.15) is 10.1 Å². The van der Waals surface area contributed by atoms with Gasteiger partial charge in [0.15, 0.2) is 5.82 Å². The predicted octanol–water partition coefficient (Wildman–Crippen LogP) is 5.95. The Kier molecular flexibility index (Phi) is 6.52. The molecule has 0 bridgehead atoms. The summed E-state index contributed by atoms with van der Waals surface area (Å²) >= 11 is 3.54. The van der Waals surface area contributed by atoms with Crippen LogP contribution in [0.3, 0.4) is 0 Å². The highest BCUT2D eigenvalue weighted by molar-refractivity contribution is 9.10. The van der Waals surface area contributed by atoms with Gasteiger partial charge in [0.05, 0.1) is 21.5 Å². The molecule has 2 heterocycles. The molecule has 0 aliphatic heterocycles. The maximum atomic E-state index is 4.68. The number of nitrogens with zero attached hydrogens (tertiary/aromatic N) is 4. The fourth-order valence-corrected chi connectivity index (χ4v) is 3.79. The molecule has 1 aliphatic rings. The van der Waals surface area contributed by atoms with E-state index in [0.717, 1.165) is 47.6 Å². The first-order valence-corrected chi connectivity index (χ1v) is 11.4. The highest BCUT2D eigenvalue weighted by Crippen LogP contribution is 2.40. The molecule has 1 aromatic carbocycles. The van der Waals surface area contributed by atoms with Crippen molar-refractivity contribution in [1.82, 2.24) is 20.2 Å². The molecule has 8 heteroatoms. The number of H-pyrrole nitrogens is 1. The van der Waals surface area contributed by atoms with E-state index in [0.29, 0.717) is 17.7 Å². The normalized spacial score (nSPS) is 13.3. The number of aromatic amines is 1. The van der Waals surface area contributed by atoms with Crippen LogP contribution in [0.15, 0.2) is 41.0 Å². The van der Waals surface area contributed by atoms with Crippen LogP contribution in [0.5, 0.6) is 0 Å². The third-order valence-corrected chi connectivity index (χ3v) is 5.65. The Morgan fingerprint density at radius 3 is 2.63 bits per heavy atom. The predicted molar refractivity (Wildman–Crippen MR) is 126 cm³/mol. The molecular weight excluding hydrogens is 442 g/mol. The lowest BCUT2D eigenvalue weighted by Gasteiger charge is -2.26. The molecule has 1 saturated carbocycles. The molecule has 1 fully saturated rings. The van der Waals surface area contributed by atoms with Crippen LogP contribution in [0, 0.1) is 0 Å². The molecule has 3 N–H and O–H groups in total. The van der Waals surface area contributed by atoms with Gasteiger partial charge in [0.25, 0.3) is 0 Å². The Labute approximate surface area is 185 Å². The quantitative estimate of drug-likeness (QED) is 0.340. The number of halogens is 1. The maximum Gasteiger partial charge on any atom is 0.229 e. The first kappa shape index (κ1) is 20.7. The molecule has 0 saturated heterocycles. The number of para-hydroxylation sites is 2. The van der Waals surface area contributed by atoms with Crippen LogP contribution >= 0.6 is 15.9 Å². The summed E-state index contributed by atoms with van der Waals surface area (Å²) in [5.41, 5.74) is 3.29. The van der Waals surface area contributed by atoms with Gasteiger partial charge in [0.2, 0.25) is 5.95 Å². The third kappa shape index (κ3) is 4.92. The first-order chi connectivity index (χ1) is 14.7. The van der Waals surface area contributed by atoms with Crippen LogP contribution in [0.25, 0.3) is 0 Å². The summed E-state index contributed by atoms with van der Waals surface area (Å²) in [5, 5.41) is 14.2. The van der Waals surface area contributed by atoms with E-state index in [1.54, 1.807) is 6.20 Å². The molecule has 0 radical (unpaired) electrons. The topological polar surface area (TPSA) is 81.8 Å². The number of anilines is 5. The van der Waals surface area contributed by atoms with E-state index in [1.165, 1.54) is 18.5 Å². The Bertz CT molecular complexity index is 977. The van der Waals surface area contributed by atoms with Crippen molar-refractivity contribution in [3.05, 3.63) is 46.7 Å². The minimum atomic E-state index is 0.544. The average Bonchev–Trinajstić information content (AvgIpc) is 3.50. The van der Waals surface area contributed by atoms with E-state index in [4.69, 9.17) is 0 Å².